The molecule has 0 bridgehead atoms. The average molecular weight is 285 g/mol. The predicted octanol–water partition coefficient (Wildman–Crippen LogP) is 2.90. The number of benzene rings is 1. The lowest BCUT2D eigenvalue weighted by molar-refractivity contribution is 0.410. The lowest BCUT2D eigenvalue weighted by Crippen LogP contribution is -1.92. The van der Waals surface area contributed by atoms with Gasteiger partial charge in [-0.2, -0.15) is 4.37 Å². The van der Waals surface area contributed by atoms with Gasteiger partial charge in [-0.1, -0.05) is 18.2 Å². The highest BCUT2D eigenvalue weighted by molar-refractivity contribution is 9.10. The standard InChI is InChI=1S/C10H9BrN2OS/c1-14-8-5-3-2-4-7(8)6-9-12-10(11)13-15-9/h2-5H,6H2,1H3. The molecular formula is C10H9BrN2OS. The molecule has 0 aliphatic heterocycles. The van der Waals surface area contributed by atoms with Crippen molar-refractivity contribution in [1.82, 2.24) is 9.36 Å². The first kappa shape index (κ1) is 10.6. The summed E-state index contributed by atoms with van der Waals surface area (Å²) in [5.74, 6) is 0.892. The lowest BCUT2D eigenvalue weighted by Gasteiger charge is -2.05. The van der Waals surface area contributed by atoms with Crippen LogP contribution in [0.4, 0.5) is 0 Å². The van der Waals surface area contributed by atoms with Gasteiger partial charge in [0.15, 0.2) is 0 Å². The Bertz CT molecular complexity index is 458. The van der Waals surface area contributed by atoms with Crippen LogP contribution in [-0.2, 0) is 6.42 Å². The number of ether oxygens (including phenoxy) is 1. The molecule has 0 aliphatic carbocycles. The molecule has 15 heavy (non-hydrogen) atoms. The quantitative estimate of drug-likeness (QED) is 0.869. The van der Waals surface area contributed by atoms with Crippen LogP contribution in [0.1, 0.15) is 10.6 Å². The minimum Gasteiger partial charge on any atom is -0.496 e. The maximum Gasteiger partial charge on any atom is 0.209 e. The normalized spacial score (nSPS) is 10.3. The first-order chi connectivity index (χ1) is 7.29. The van der Waals surface area contributed by atoms with Crippen molar-refractivity contribution in [3.05, 3.63) is 39.6 Å². The zero-order valence-corrected chi connectivity index (χ0v) is 10.5. The number of rotatable bonds is 3. The van der Waals surface area contributed by atoms with Crippen LogP contribution >= 0.6 is 27.5 Å². The first-order valence-corrected chi connectivity index (χ1v) is 5.96. The molecule has 0 aliphatic rings. The molecule has 0 N–H and O–H groups in total. The Hall–Kier alpha value is -0.940. The third-order valence-electron chi connectivity index (χ3n) is 1.98. The third-order valence-corrected chi connectivity index (χ3v) is 3.28. The van der Waals surface area contributed by atoms with Crippen LogP contribution in [0.25, 0.3) is 0 Å². The van der Waals surface area contributed by atoms with E-state index in [0.717, 1.165) is 22.7 Å². The van der Waals surface area contributed by atoms with Gasteiger partial charge in [-0.15, -0.1) is 0 Å². The van der Waals surface area contributed by atoms with Gasteiger partial charge in [0.1, 0.15) is 10.8 Å². The number of aromatic nitrogens is 2. The van der Waals surface area contributed by atoms with Crippen LogP contribution in [0.15, 0.2) is 29.0 Å². The highest BCUT2D eigenvalue weighted by Crippen LogP contribution is 2.22. The van der Waals surface area contributed by atoms with Crippen molar-refractivity contribution < 1.29 is 4.74 Å². The Labute approximate surface area is 100 Å². The summed E-state index contributed by atoms with van der Waals surface area (Å²) in [6, 6.07) is 7.94. The molecule has 1 aromatic carbocycles. The van der Waals surface area contributed by atoms with Crippen molar-refractivity contribution in [3.63, 3.8) is 0 Å². The van der Waals surface area contributed by atoms with E-state index in [1.807, 2.05) is 24.3 Å². The zero-order valence-electron chi connectivity index (χ0n) is 8.11. The molecular weight excluding hydrogens is 276 g/mol. The second-order valence-electron chi connectivity index (χ2n) is 2.95. The lowest BCUT2D eigenvalue weighted by atomic mass is 10.1. The van der Waals surface area contributed by atoms with Crippen molar-refractivity contribution in [3.8, 4) is 5.75 Å². The molecule has 0 atom stereocenters. The molecule has 78 valence electrons. The third kappa shape index (κ3) is 2.54. The van der Waals surface area contributed by atoms with Gasteiger partial charge in [0, 0.05) is 12.0 Å². The fourth-order valence-electron chi connectivity index (χ4n) is 1.32. The summed E-state index contributed by atoms with van der Waals surface area (Å²) < 4.78 is 9.99. The van der Waals surface area contributed by atoms with E-state index < -0.39 is 0 Å². The first-order valence-electron chi connectivity index (χ1n) is 4.39. The molecule has 0 saturated heterocycles. The van der Waals surface area contributed by atoms with Gasteiger partial charge in [-0.3, -0.25) is 0 Å². The van der Waals surface area contributed by atoms with Crippen molar-refractivity contribution in [2.24, 2.45) is 0 Å². The summed E-state index contributed by atoms with van der Waals surface area (Å²) in [6.07, 6.45) is 0.757. The van der Waals surface area contributed by atoms with E-state index in [0.29, 0.717) is 4.73 Å². The van der Waals surface area contributed by atoms with Crippen molar-refractivity contribution in [2.45, 2.75) is 6.42 Å². The van der Waals surface area contributed by atoms with Gasteiger partial charge in [0.2, 0.25) is 4.73 Å². The average Bonchev–Trinajstić information content (AvgIpc) is 2.65. The molecule has 0 saturated carbocycles. The maximum absolute atomic E-state index is 5.27. The minimum atomic E-state index is 0.650. The second-order valence-corrected chi connectivity index (χ2v) is 4.49. The van der Waals surface area contributed by atoms with Gasteiger partial charge < -0.3 is 4.74 Å². The molecule has 1 aromatic heterocycles. The highest BCUT2D eigenvalue weighted by Gasteiger charge is 2.06. The highest BCUT2D eigenvalue weighted by atomic mass is 79.9. The fourth-order valence-corrected chi connectivity index (χ4v) is 2.44. The van der Waals surface area contributed by atoms with Crippen LogP contribution in [0, 0.1) is 0 Å². The second kappa shape index (κ2) is 4.72. The number of nitrogens with zero attached hydrogens (tertiary/aromatic N) is 2. The number of hydrogen-bond donors (Lipinski definition) is 0. The summed E-state index contributed by atoms with van der Waals surface area (Å²) in [5, 5.41) is 0.978. The molecule has 0 radical (unpaired) electrons. The fraction of sp³-hybridized carbons (Fsp3) is 0.200. The van der Waals surface area contributed by atoms with E-state index in [9.17, 15) is 0 Å². The van der Waals surface area contributed by atoms with Gasteiger partial charge in [0.05, 0.1) is 7.11 Å². The monoisotopic (exact) mass is 284 g/mol. The van der Waals surface area contributed by atoms with Crippen LogP contribution in [0.5, 0.6) is 5.75 Å². The summed E-state index contributed by atoms with van der Waals surface area (Å²) in [4.78, 5) is 4.25. The molecule has 0 unspecified atom stereocenters. The summed E-state index contributed by atoms with van der Waals surface area (Å²) in [5.41, 5.74) is 1.13. The van der Waals surface area contributed by atoms with E-state index in [1.54, 1.807) is 7.11 Å². The topological polar surface area (TPSA) is 35.0 Å². The summed E-state index contributed by atoms with van der Waals surface area (Å²) >= 11 is 4.64. The summed E-state index contributed by atoms with van der Waals surface area (Å²) in [7, 11) is 1.68. The van der Waals surface area contributed by atoms with E-state index in [-0.39, 0.29) is 0 Å². The van der Waals surface area contributed by atoms with Crippen LogP contribution in [-0.4, -0.2) is 16.5 Å². The Morgan fingerprint density at radius 1 is 1.40 bits per heavy atom. The maximum atomic E-state index is 5.27. The number of hydrogen-bond acceptors (Lipinski definition) is 4. The Balaban J connectivity index is 2.23. The number of methoxy groups -OCH3 is 1. The van der Waals surface area contributed by atoms with Crippen LogP contribution < -0.4 is 4.74 Å². The molecule has 5 heteroatoms. The Kier molecular flexibility index (Phi) is 3.33. The molecule has 2 aromatic rings. The van der Waals surface area contributed by atoms with Crippen molar-refractivity contribution in [1.29, 1.82) is 0 Å². The smallest absolute Gasteiger partial charge is 0.209 e. The Morgan fingerprint density at radius 3 is 2.87 bits per heavy atom. The largest absolute Gasteiger partial charge is 0.496 e. The summed E-state index contributed by atoms with van der Waals surface area (Å²) in [6.45, 7) is 0. The van der Waals surface area contributed by atoms with Crippen molar-refractivity contribution in [2.75, 3.05) is 7.11 Å². The van der Waals surface area contributed by atoms with E-state index in [1.165, 1.54) is 11.5 Å². The van der Waals surface area contributed by atoms with E-state index in [2.05, 4.69) is 25.3 Å². The van der Waals surface area contributed by atoms with Gasteiger partial charge >= 0.3 is 0 Å². The molecule has 3 nitrogen and oxygen atoms in total. The molecule has 2 rings (SSSR count). The van der Waals surface area contributed by atoms with E-state index in [4.69, 9.17) is 4.74 Å². The SMILES string of the molecule is COc1ccccc1Cc1nc(Br)ns1. The number of para-hydroxylation sites is 1. The van der Waals surface area contributed by atoms with Crippen molar-refractivity contribution >= 4 is 27.5 Å². The Morgan fingerprint density at radius 2 is 2.20 bits per heavy atom. The predicted molar refractivity (Wildman–Crippen MR) is 63.4 cm³/mol. The van der Waals surface area contributed by atoms with Gasteiger partial charge in [-0.05, 0) is 33.5 Å². The molecule has 0 amide bonds. The van der Waals surface area contributed by atoms with Crippen LogP contribution in [0.3, 0.4) is 0 Å². The number of halogens is 1. The molecule has 1 heterocycles. The van der Waals surface area contributed by atoms with E-state index >= 15 is 0 Å². The van der Waals surface area contributed by atoms with Gasteiger partial charge in [0.25, 0.3) is 0 Å². The molecule has 0 fully saturated rings. The van der Waals surface area contributed by atoms with Crippen LogP contribution in [0.2, 0.25) is 0 Å². The minimum absolute atomic E-state index is 0.650. The van der Waals surface area contributed by atoms with Gasteiger partial charge in [-0.25, -0.2) is 4.98 Å². The zero-order chi connectivity index (χ0) is 10.7. The molecule has 0 spiro atoms.